The second-order valence-corrected chi connectivity index (χ2v) is 7.81. The molecule has 0 N–H and O–H groups in total. The van der Waals surface area contributed by atoms with Crippen LogP contribution in [0.2, 0.25) is 0 Å². The van der Waals surface area contributed by atoms with Gasteiger partial charge >= 0.3 is 0 Å². The molecule has 0 saturated carbocycles. The van der Waals surface area contributed by atoms with Gasteiger partial charge in [0.1, 0.15) is 0 Å². The molecular weight excluding hydrogens is 328 g/mol. The largest absolute Gasteiger partial charge is 0.384 e. The van der Waals surface area contributed by atoms with Gasteiger partial charge in [-0.1, -0.05) is 6.07 Å². The molecule has 2 heterocycles. The Kier molecular flexibility index (Phi) is 5.37. The van der Waals surface area contributed by atoms with Crippen molar-refractivity contribution >= 4 is 11.8 Å². The van der Waals surface area contributed by atoms with E-state index in [2.05, 4.69) is 6.92 Å². The van der Waals surface area contributed by atoms with Crippen molar-refractivity contribution in [3.05, 3.63) is 34.9 Å². The number of piperidine rings is 1. The minimum absolute atomic E-state index is 0.0525. The maximum absolute atomic E-state index is 12.9. The second kappa shape index (κ2) is 7.39. The molecule has 2 saturated heterocycles. The van der Waals surface area contributed by atoms with E-state index >= 15 is 0 Å². The number of rotatable bonds is 4. The summed E-state index contributed by atoms with van der Waals surface area (Å²) >= 11 is 0. The lowest BCUT2D eigenvalue weighted by Gasteiger charge is -2.41. The Morgan fingerprint density at radius 2 is 1.92 bits per heavy atom. The molecule has 142 valence electrons. The highest BCUT2D eigenvalue weighted by Crippen LogP contribution is 2.45. The molecule has 2 aliphatic rings. The quantitative estimate of drug-likeness (QED) is 0.831. The first kappa shape index (κ1) is 18.9. The Morgan fingerprint density at radius 3 is 2.50 bits per heavy atom. The van der Waals surface area contributed by atoms with Gasteiger partial charge in [0, 0.05) is 44.3 Å². The standard InChI is InChI=1S/C21H30N2O3/c1-5-22-14-21(18(13-26-4)20(22)25)8-10-23(11-9-21)19(24)17-7-6-15(2)16(3)12-17/h6-7,12,18H,5,8-11,13-14H2,1-4H3/t18-/m1/s1. The molecule has 5 heteroatoms. The minimum atomic E-state index is -0.0775. The van der Waals surface area contributed by atoms with Crippen LogP contribution in [0.5, 0.6) is 0 Å². The van der Waals surface area contributed by atoms with Crippen molar-refractivity contribution in [3.8, 4) is 0 Å². The number of ether oxygens (including phenoxy) is 1. The van der Waals surface area contributed by atoms with Crippen molar-refractivity contribution in [3.63, 3.8) is 0 Å². The number of aryl methyl sites for hydroxylation is 2. The zero-order valence-corrected chi connectivity index (χ0v) is 16.4. The summed E-state index contributed by atoms with van der Waals surface area (Å²) in [6.45, 7) is 9.54. The summed E-state index contributed by atoms with van der Waals surface area (Å²) in [6, 6.07) is 5.91. The van der Waals surface area contributed by atoms with Crippen LogP contribution in [-0.2, 0) is 9.53 Å². The summed E-state index contributed by atoms with van der Waals surface area (Å²) in [5, 5.41) is 0. The zero-order valence-electron chi connectivity index (χ0n) is 16.4. The van der Waals surface area contributed by atoms with Gasteiger partial charge in [0.05, 0.1) is 12.5 Å². The number of hydrogen-bond donors (Lipinski definition) is 0. The molecule has 1 aromatic carbocycles. The smallest absolute Gasteiger partial charge is 0.253 e. The van der Waals surface area contributed by atoms with E-state index in [0.29, 0.717) is 19.7 Å². The molecule has 0 unspecified atom stereocenters. The fourth-order valence-corrected chi connectivity index (χ4v) is 4.45. The monoisotopic (exact) mass is 358 g/mol. The summed E-state index contributed by atoms with van der Waals surface area (Å²) in [5.74, 6) is 0.234. The Balaban J connectivity index is 1.72. The SMILES string of the molecule is CCN1CC2(CCN(C(=O)c3ccc(C)c(C)c3)CC2)[C@H](COC)C1=O. The molecule has 1 atom stereocenters. The van der Waals surface area contributed by atoms with Gasteiger partial charge in [-0.05, 0) is 56.9 Å². The summed E-state index contributed by atoms with van der Waals surface area (Å²) < 4.78 is 5.36. The molecule has 1 aromatic rings. The van der Waals surface area contributed by atoms with Gasteiger partial charge in [-0.15, -0.1) is 0 Å². The summed E-state index contributed by atoms with van der Waals surface area (Å²) in [5.41, 5.74) is 3.05. The predicted octanol–water partition coefficient (Wildman–Crippen LogP) is 2.65. The number of nitrogens with zero attached hydrogens (tertiary/aromatic N) is 2. The lowest BCUT2D eigenvalue weighted by Crippen LogP contribution is -2.47. The molecule has 0 aromatic heterocycles. The van der Waals surface area contributed by atoms with E-state index in [0.717, 1.165) is 37.1 Å². The highest BCUT2D eigenvalue weighted by molar-refractivity contribution is 5.94. The molecule has 2 aliphatic heterocycles. The average Bonchev–Trinajstić information content (AvgIpc) is 2.90. The predicted molar refractivity (Wildman–Crippen MR) is 101 cm³/mol. The molecule has 3 rings (SSSR count). The van der Waals surface area contributed by atoms with E-state index < -0.39 is 0 Å². The number of carbonyl (C=O) groups is 2. The second-order valence-electron chi connectivity index (χ2n) is 7.81. The molecule has 26 heavy (non-hydrogen) atoms. The highest BCUT2D eigenvalue weighted by Gasteiger charge is 2.52. The van der Waals surface area contributed by atoms with Crippen LogP contribution in [0.4, 0.5) is 0 Å². The molecule has 2 amide bonds. The lowest BCUT2D eigenvalue weighted by atomic mass is 9.71. The van der Waals surface area contributed by atoms with Gasteiger partial charge in [-0.2, -0.15) is 0 Å². The molecule has 0 bridgehead atoms. The zero-order chi connectivity index (χ0) is 18.9. The third kappa shape index (κ3) is 3.25. The van der Waals surface area contributed by atoms with Crippen molar-refractivity contribution in [1.29, 1.82) is 0 Å². The number of methoxy groups -OCH3 is 1. The van der Waals surface area contributed by atoms with E-state index in [-0.39, 0.29) is 23.1 Å². The fraction of sp³-hybridized carbons (Fsp3) is 0.619. The van der Waals surface area contributed by atoms with Crippen molar-refractivity contribution in [1.82, 2.24) is 9.80 Å². The van der Waals surface area contributed by atoms with Crippen molar-refractivity contribution in [2.75, 3.05) is 39.9 Å². The van der Waals surface area contributed by atoms with Crippen molar-refractivity contribution in [2.24, 2.45) is 11.3 Å². The van der Waals surface area contributed by atoms with Gasteiger partial charge in [-0.25, -0.2) is 0 Å². The van der Waals surface area contributed by atoms with Gasteiger partial charge in [0.2, 0.25) is 5.91 Å². The number of amides is 2. The van der Waals surface area contributed by atoms with Crippen LogP contribution < -0.4 is 0 Å². The molecule has 1 spiro atoms. The first-order valence-corrected chi connectivity index (χ1v) is 9.56. The number of likely N-dealkylation sites (tertiary alicyclic amines) is 2. The normalized spacial score (nSPS) is 22.3. The Bertz CT molecular complexity index is 692. The van der Waals surface area contributed by atoms with Crippen LogP contribution in [0.15, 0.2) is 18.2 Å². The Labute approximate surface area is 156 Å². The molecule has 2 fully saturated rings. The Morgan fingerprint density at radius 1 is 1.23 bits per heavy atom. The molecular formula is C21H30N2O3. The van der Waals surface area contributed by atoms with Crippen molar-refractivity contribution in [2.45, 2.75) is 33.6 Å². The Hall–Kier alpha value is -1.88. The van der Waals surface area contributed by atoms with Crippen LogP contribution >= 0.6 is 0 Å². The van der Waals surface area contributed by atoms with Gasteiger partial charge in [-0.3, -0.25) is 9.59 Å². The van der Waals surface area contributed by atoms with Crippen molar-refractivity contribution < 1.29 is 14.3 Å². The molecule has 5 nitrogen and oxygen atoms in total. The molecule has 0 radical (unpaired) electrons. The summed E-state index contributed by atoms with van der Waals surface area (Å²) in [7, 11) is 1.66. The van der Waals surface area contributed by atoms with Gasteiger partial charge in [0.25, 0.3) is 5.91 Å². The third-order valence-corrected chi connectivity index (χ3v) is 6.37. The lowest BCUT2D eigenvalue weighted by molar-refractivity contribution is -0.133. The highest BCUT2D eigenvalue weighted by atomic mass is 16.5. The minimum Gasteiger partial charge on any atom is -0.384 e. The van der Waals surface area contributed by atoms with Crippen LogP contribution in [0, 0.1) is 25.2 Å². The number of benzene rings is 1. The van der Waals surface area contributed by atoms with E-state index in [4.69, 9.17) is 4.74 Å². The maximum atomic E-state index is 12.9. The topological polar surface area (TPSA) is 49.9 Å². The number of carbonyl (C=O) groups excluding carboxylic acids is 2. The van der Waals surface area contributed by atoms with Crippen LogP contribution in [0.3, 0.4) is 0 Å². The summed E-state index contributed by atoms with van der Waals surface area (Å²) in [4.78, 5) is 29.4. The first-order valence-electron chi connectivity index (χ1n) is 9.56. The van der Waals surface area contributed by atoms with Gasteiger partial charge < -0.3 is 14.5 Å². The maximum Gasteiger partial charge on any atom is 0.253 e. The van der Waals surface area contributed by atoms with Crippen LogP contribution in [0.1, 0.15) is 41.3 Å². The van der Waals surface area contributed by atoms with E-state index in [1.807, 2.05) is 41.8 Å². The van der Waals surface area contributed by atoms with Crippen LogP contribution in [-0.4, -0.2) is 61.5 Å². The van der Waals surface area contributed by atoms with Crippen LogP contribution in [0.25, 0.3) is 0 Å². The fourth-order valence-electron chi connectivity index (χ4n) is 4.45. The molecule has 0 aliphatic carbocycles. The van der Waals surface area contributed by atoms with E-state index in [1.54, 1.807) is 7.11 Å². The van der Waals surface area contributed by atoms with Gasteiger partial charge in [0.15, 0.2) is 0 Å². The van der Waals surface area contributed by atoms with E-state index in [1.165, 1.54) is 5.56 Å². The number of hydrogen-bond acceptors (Lipinski definition) is 3. The third-order valence-electron chi connectivity index (χ3n) is 6.37. The average molecular weight is 358 g/mol. The first-order chi connectivity index (χ1) is 12.4. The van der Waals surface area contributed by atoms with E-state index in [9.17, 15) is 9.59 Å². The summed E-state index contributed by atoms with van der Waals surface area (Å²) in [6.07, 6.45) is 1.72.